The molecular weight excluding hydrogens is 244 g/mol. The summed E-state index contributed by atoms with van der Waals surface area (Å²) < 4.78 is 10.1. The molecular formula is C15H24O4. The van der Waals surface area contributed by atoms with E-state index in [9.17, 15) is 9.59 Å². The fourth-order valence-corrected chi connectivity index (χ4v) is 1.89. The van der Waals surface area contributed by atoms with Crippen molar-refractivity contribution in [1.82, 2.24) is 0 Å². The molecule has 0 radical (unpaired) electrons. The molecule has 19 heavy (non-hydrogen) atoms. The van der Waals surface area contributed by atoms with Crippen molar-refractivity contribution in [2.24, 2.45) is 5.41 Å². The van der Waals surface area contributed by atoms with Crippen LogP contribution in [0.4, 0.5) is 0 Å². The zero-order valence-electron chi connectivity index (χ0n) is 11.9. The van der Waals surface area contributed by atoms with Crippen LogP contribution in [-0.2, 0) is 19.1 Å². The fourth-order valence-electron chi connectivity index (χ4n) is 1.89. The van der Waals surface area contributed by atoms with Crippen molar-refractivity contribution in [2.45, 2.75) is 39.5 Å². The average molecular weight is 268 g/mol. The van der Waals surface area contributed by atoms with Gasteiger partial charge in [-0.1, -0.05) is 12.2 Å². The van der Waals surface area contributed by atoms with E-state index in [1.54, 1.807) is 26.0 Å². The Kier molecular flexibility index (Phi) is 8.58. The fraction of sp³-hybridized carbons (Fsp3) is 0.600. The van der Waals surface area contributed by atoms with Gasteiger partial charge in [0.05, 0.1) is 13.2 Å². The molecule has 0 aliphatic rings. The molecule has 0 amide bonds. The summed E-state index contributed by atoms with van der Waals surface area (Å²) in [5, 5.41) is 0. The molecule has 0 bridgehead atoms. The van der Waals surface area contributed by atoms with Gasteiger partial charge in [-0.25, -0.2) is 0 Å². The van der Waals surface area contributed by atoms with E-state index in [4.69, 9.17) is 9.47 Å². The van der Waals surface area contributed by atoms with Crippen LogP contribution in [0.15, 0.2) is 25.3 Å². The summed E-state index contributed by atoms with van der Waals surface area (Å²) in [6.07, 6.45) is 5.33. The predicted molar refractivity (Wildman–Crippen MR) is 74.6 cm³/mol. The van der Waals surface area contributed by atoms with Gasteiger partial charge in [-0.05, 0) is 39.5 Å². The maximum absolute atomic E-state index is 12.2. The van der Waals surface area contributed by atoms with Crippen LogP contribution in [0.3, 0.4) is 0 Å². The minimum Gasteiger partial charge on any atom is -0.465 e. The summed E-state index contributed by atoms with van der Waals surface area (Å²) in [5.74, 6) is -1.06. The molecule has 4 heteroatoms. The molecule has 0 aromatic rings. The molecule has 0 rings (SSSR count). The second-order valence-electron chi connectivity index (χ2n) is 4.20. The van der Waals surface area contributed by atoms with Crippen LogP contribution in [-0.4, -0.2) is 25.2 Å². The number of rotatable bonds is 10. The molecule has 0 unspecified atom stereocenters. The quantitative estimate of drug-likeness (QED) is 0.264. The molecule has 0 aromatic carbocycles. The SMILES string of the molecule is C=CCCCC(CC=C)(C(=O)OCC)C(=O)OCC. The van der Waals surface area contributed by atoms with Gasteiger partial charge in [0.2, 0.25) is 0 Å². The van der Waals surface area contributed by atoms with E-state index in [1.165, 1.54) is 0 Å². The number of unbranched alkanes of at least 4 members (excludes halogenated alkanes) is 1. The van der Waals surface area contributed by atoms with E-state index in [0.717, 1.165) is 6.42 Å². The minimum atomic E-state index is -1.27. The second-order valence-corrected chi connectivity index (χ2v) is 4.20. The van der Waals surface area contributed by atoms with E-state index in [1.807, 2.05) is 0 Å². The zero-order valence-corrected chi connectivity index (χ0v) is 11.9. The molecule has 0 heterocycles. The third kappa shape index (κ3) is 4.89. The number of ether oxygens (including phenoxy) is 2. The summed E-state index contributed by atoms with van der Waals surface area (Å²) in [6, 6.07) is 0. The van der Waals surface area contributed by atoms with E-state index in [-0.39, 0.29) is 19.6 Å². The lowest BCUT2D eigenvalue weighted by Crippen LogP contribution is -2.42. The third-order valence-electron chi connectivity index (χ3n) is 2.84. The molecule has 0 N–H and O–H groups in total. The Morgan fingerprint density at radius 2 is 1.58 bits per heavy atom. The van der Waals surface area contributed by atoms with Crippen LogP contribution >= 0.6 is 0 Å². The van der Waals surface area contributed by atoms with Crippen molar-refractivity contribution in [3.8, 4) is 0 Å². The van der Waals surface area contributed by atoms with Crippen LogP contribution in [0.2, 0.25) is 0 Å². The Balaban J connectivity index is 5.18. The van der Waals surface area contributed by atoms with E-state index >= 15 is 0 Å². The minimum absolute atomic E-state index is 0.224. The smallest absolute Gasteiger partial charge is 0.323 e. The van der Waals surface area contributed by atoms with Crippen molar-refractivity contribution in [3.63, 3.8) is 0 Å². The van der Waals surface area contributed by atoms with Gasteiger partial charge in [0, 0.05) is 0 Å². The third-order valence-corrected chi connectivity index (χ3v) is 2.84. The van der Waals surface area contributed by atoms with Gasteiger partial charge < -0.3 is 9.47 Å². The van der Waals surface area contributed by atoms with Crippen LogP contribution in [0.5, 0.6) is 0 Å². The Morgan fingerprint density at radius 3 is 1.95 bits per heavy atom. The monoisotopic (exact) mass is 268 g/mol. The molecule has 108 valence electrons. The van der Waals surface area contributed by atoms with E-state index in [2.05, 4.69) is 13.2 Å². The van der Waals surface area contributed by atoms with Gasteiger partial charge in [-0.2, -0.15) is 0 Å². The summed E-state index contributed by atoms with van der Waals surface area (Å²) in [4.78, 5) is 24.3. The highest BCUT2D eigenvalue weighted by atomic mass is 16.6. The number of hydrogen-bond donors (Lipinski definition) is 0. The average Bonchev–Trinajstić information content (AvgIpc) is 2.38. The topological polar surface area (TPSA) is 52.6 Å². The summed E-state index contributed by atoms with van der Waals surface area (Å²) in [7, 11) is 0. The van der Waals surface area contributed by atoms with Crippen LogP contribution < -0.4 is 0 Å². The molecule has 0 aromatic heterocycles. The van der Waals surface area contributed by atoms with Crippen molar-refractivity contribution in [3.05, 3.63) is 25.3 Å². The number of esters is 2. The van der Waals surface area contributed by atoms with Crippen molar-refractivity contribution >= 4 is 11.9 Å². The number of carbonyl (C=O) groups is 2. The standard InChI is InChI=1S/C15H24O4/c1-5-9-10-12-15(11-6-2,13(16)18-7-3)14(17)19-8-4/h5-6H,1-2,7-12H2,3-4H3. The largest absolute Gasteiger partial charge is 0.465 e. The molecule has 0 aliphatic heterocycles. The summed E-state index contributed by atoms with van der Waals surface area (Å²) in [5.41, 5.74) is -1.27. The van der Waals surface area contributed by atoms with Gasteiger partial charge in [-0.15, -0.1) is 13.2 Å². The van der Waals surface area contributed by atoms with Crippen LogP contribution in [0, 0.1) is 5.41 Å². The van der Waals surface area contributed by atoms with Gasteiger partial charge in [0.25, 0.3) is 0 Å². The second kappa shape index (κ2) is 9.36. The van der Waals surface area contributed by atoms with Gasteiger partial charge in [0.15, 0.2) is 5.41 Å². The Morgan fingerprint density at radius 1 is 1.05 bits per heavy atom. The van der Waals surface area contributed by atoms with Gasteiger partial charge in [0.1, 0.15) is 0 Å². The first-order valence-corrected chi connectivity index (χ1v) is 6.65. The van der Waals surface area contributed by atoms with Crippen molar-refractivity contribution in [1.29, 1.82) is 0 Å². The first kappa shape index (κ1) is 17.4. The zero-order chi connectivity index (χ0) is 14.7. The summed E-state index contributed by atoms with van der Waals surface area (Å²) >= 11 is 0. The maximum Gasteiger partial charge on any atom is 0.323 e. The Bertz CT molecular complexity index is 302. The lowest BCUT2D eigenvalue weighted by atomic mass is 9.79. The molecule has 4 nitrogen and oxygen atoms in total. The first-order chi connectivity index (χ1) is 9.08. The lowest BCUT2D eigenvalue weighted by Gasteiger charge is -2.28. The molecule has 0 saturated heterocycles. The Hall–Kier alpha value is -1.58. The number of allylic oxidation sites excluding steroid dienone is 2. The predicted octanol–water partition coefficient (Wildman–Crippen LogP) is 3.03. The van der Waals surface area contributed by atoms with Crippen molar-refractivity contribution in [2.75, 3.05) is 13.2 Å². The molecule has 0 fully saturated rings. The molecule has 0 aliphatic carbocycles. The summed E-state index contributed by atoms with van der Waals surface area (Å²) in [6.45, 7) is 11.2. The lowest BCUT2D eigenvalue weighted by molar-refractivity contribution is -0.172. The van der Waals surface area contributed by atoms with E-state index in [0.29, 0.717) is 12.8 Å². The molecule has 0 saturated carbocycles. The molecule has 0 atom stereocenters. The highest BCUT2D eigenvalue weighted by Gasteiger charge is 2.47. The van der Waals surface area contributed by atoms with Gasteiger partial charge >= 0.3 is 11.9 Å². The maximum atomic E-state index is 12.2. The number of hydrogen-bond acceptors (Lipinski definition) is 4. The Labute approximate surface area is 115 Å². The highest BCUT2D eigenvalue weighted by molar-refractivity contribution is 6.00. The van der Waals surface area contributed by atoms with Gasteiger partial charge in [-0.3, -0.25) is 9.59 Å². The van der Waals surface area contributed by atoms with Crippen LogP contribution in [0.1, 0.15) is 39.5 Å². The highest BCUT2D eigenvalue weighted by Crippen LogP contribution is 2.33. The number of carbonyl (C=O) groups excluding carboxylic acids is 2. The first-order valence-electron chi connectivity index (χ1n) is 6.65. The van der Waals surface area contributed by atoms with Crippen molar-refractivity contribution < 1.29 is 19.1 Å². The van der Waals surface area contributed by atoms with E-state index < -0.39 is 17.4 Å². The van der Waals surface area contributed by atoms with Crippen LogP contribution in [0.25, 0.3) is 0 Å². The molecule has 0 spiro atoms. The normalized spacial score (nSPS) is 10.6.